The minimum Gasteiger partial charge on any atom is -0.366 e. The summed E-state index contributed by atoms with van der Waals surface area (Å²) in [6, 6.07) is 4.86. The van der Waals surface area contributed by atoms with Crippen LogP contribution in [-0.4, -0.2) is 34.6 Å². The number of halogens is 1. The van der Waals surface area contributed by atoms with Gasteiger partial charge in [0.25, 0.3) is 5.91 Å². The van der Waals surface area contributed by atoms with Crippen molar-refractivity contribution >= 4 is 17.3 Å². The molecule has 7 heteroatoms. The molecule has 0 radical (unpaired) electrons. The number of alkyl halides is 1. The van der Waals surface area contributed by atoms with E-state index in [0.717, 1.165) is 0 Å². The van der Waals surface area contributed by atoms with Crippen LogP contribution < -0.4 is 11.1 Å². The minimum absolute atomic E-state index is 0.0151. The first-order valence-corrected chi connectivity index (χ1v) is 5.71. The molecule has 0 saturated heterocycles. The van der Waals surface area contributed by atoms with Crippen molar-refractivity contribution in [1.29, 1.82) is 0 Å². The van der Waals surface area contributed by atoms with E-state index in [4.69, 9.17) is 5.73 Å². The van der Waals surface area contributed by atoms with E-state index in [-0.39, 0.29) is 18.9 Å². The molecule has 2 amide bonds. The number of pyridine rings is 1. The molecule has 0 saturated carbocycles. The smallest absolute Gasteiger partial charge is 0.250 e. The van der Waals surface area contributed by atoms with Crippen molar-refractivity contribution in [3.63, 3.8) is 0 Å². The molecule has 0 bridgehead atoms. The van der Waals surface area contributed by atoms with Gasteiger partial charge < -0.3 is 11.1 Å². The Morgan fingerprint density at radius 3 is 2.95 bits per heavy atom. The highest BCUT2D eigenvalue weighted by Crippen LogP contribution is 2.12. The number of hydrogen-bond donors (Lipinski definition) is 2. The highest BCUT2D eigenvalue weighted by Gasteiger charge is 2.12. The van der Waals surface area contributed by atoms with Crippen molar-refractivity contribution in [1.82, 2.24) is 14.9 Å². The van der Waals surface area contributed by atoms with Gasteiger partial charge in [0.05, 0.1) is 23.2 Å². The largest absolute Gasteiger partial charge is 0.366 e. The van der Waals surface area contributed by atoms with Crippen LogP contribution in [0.1, 0.15) is 16.1 Å². The van der Waals surface area contributed by atoms with Gasteiger partial charge in [-0.25, -0.2) is 8.91 Å². The fourth-order valence-electron chi connectivity index (χ4n) is 1.77. The summed E-state index contributed by atoms with van der Waals surface area (Å²) in [5, 5.41) is 6.57. The second-order valence-corrected chi connectivity index (χ2v) is 3.97. The Labute approximate surface area is 108 Å². The number of nitrogens with two attached hydrogens (primary N) is 1. The van der Waals surface area contributed by atoms with Crippen LogP contribution in [0.5, 0.6) is 0 Å². The molecule has 2 heterocycles. The molecule has 2 rings (SSSR count). The summed E-state index contributed by atoms with van der Waals surface area (Å²) in [5.74, 6) is -0.874. The molecule has 0 aliphatic rings. The summed E-state index contributed by atoms with van der Waals surface area (Å²) in [4.78, 5) is 22.7. The number of fused-ring (bicyclic) bond motifs is 1. The average molecular weight is 264 g/mol. The normalized spacial score (nSPS) is 10.6. The maximum atomic E-state index is 11.9. The standard InChI is InChI=1S/C12H13FN4O2/c13-3-4-15-11(18)7-8-6-10-9(12(14)19)2-1-5-17(10)16-8/h1-2,5-6H,3-4,7H2,(H2,14,19)(H,15,18). The quantitative estimate of drug-likeness (QED) is 0.800. The Kier molecular flexibility index (Phi) is 3.74. The van der Waals surface area contributed by atoms with Gasteiger partial charge in [0, 0.05) is 12.7 Å². The lowest BCUT2D eigenvalue weighted by Gasteiger charge is -1.98. The van der Waals surface area contributed by atoms with Crippen LogP contribution in [0.25, 0.3) is 5.52 Å². The number of amides is 2. The first-order chi connectivity index (χ1) is 9.11. The summed E-state index contributed by atoms with van der Waals surface area (Å²) in [6.45, 7) is -0.624. The van der Waals surface area contributed by atoms with Gasteiger partial charge in [-0.2, -0.15) is 5.10 Å². The Hall–Kier alpha value is -2.44. The number of nitrogens with one attached hydrogen (secondary N) is 1. The average Bonchev–Trinajstić information content (AvgIpc) is 2.77. The molecule has 0 aliphatic carbocycles. The van der Waals surface area contributed by atoms with Gasteiger partial charge in [-0.3, -0.25) is 9.59 Å². The summed E-state index contributed by atoms with van der Waals surface area (Å²) in [6.07, 6.45) is 1.69. The van der Waals surface area contributed by atoms with Crippen LogP contribution in [0.2, 0.25) is 0 Å². The Balaban J connectivity index is 2.24. The topological polar surface area (TPSA) is 89.5 Å². The fourth-order valence-corrected chi connectivity index (χ4v) is 1.77. The van der Waals surface area contributed by atoms with E-state index in [1.807, 2.05) is 0 Å². The second kappa shape index (κ2) is 5.47. The van der Waals surface area contributed by atoms with E-state index in [2.05, 4.69) is 10.4 Å². The van der Waals surface area contributed by atoms with Crippen molar-refractivity contribution in [3.05, 3.63) is 35.7 Å². The number of hydrogen-bond acceptors (Lipinski definition) is 3. The van der Waals surface area contributed by atoms with Gasteiger partial charge in [0.2, 0.25) is 5.91 Å². The number of rotatable bonds is 5. The van der Waals surface area contributed by atoms with Crippen LogP contribution >= 0.6 is 0 Å². The van der Waals surface area contributed by atoms with E-state index in [1.165, 1.54) is 4.52 Å². The van der Waals surface area contributed by atoms with Gasteiger partial charge in [-0.15, -0.1) is 0 Å². The van der Waals surface area contributed by atoms with Gasteiger partial charge in [-0.05, 0) is 18.2 Å². The first-order valence-electron chi connectivity index (χ1n) is 5.71. The van der Waals surface area contributed by atoms with Gasteiger partial charge >= 0.3 is 0 Å². The number of carbonyl (C=O) groups is 2. The number of carbonyl (C=O) groups excluding carboxylic acids is 2. The molecule has 19 heavy (non-hydrogen) atoms. The zero-order valence-corrected chi connectivity index (χ0v) is 10.1. The van der Waals surface area contributed by atoms with Crippen LogP contribution in [0.3, 0.4) is 0 Å². The molecule has 3 N–H and O–H groups in total. The molecule has 2 aromatic heterocycles. The Bertz CT molecular complexity index is 623. The van der Waals surface area contributed by atoms with Crippen molar-refractivity contribution < 1.29 is 14.0 Å². The van der Waals surface area contributed by atoms with E-state index >= 15 is 0 Å². The van der Waals surface area contributed by atoms with Gasteiger partial charge in [0.1, 0.15) is 6.67 Å². The third-order valence-corrected chi connectivity index (χ3v) is 2.58. The number of nitrogens with zero attached hydrogens (tertiary/aromatic N) is 2. The van der Waals surface area contributed by atoms with Crippen LogP contribution in [0, 0.1) is 0 Å². The molecular formula is C12H13FN4O2. The predicted octanol–water partition coefficient (Wildman–Crippen LogP) is 0.0614. The SMILES string of the molecule is NC(=O)c1cccn2nc(CC(=O)NCCF)cc12. The molecule has 2 aromatic rings. The Morgan fingerprint density at radius 2 is 2.26 bits per heavy atom. The van der Waals surface area contributed by atoms with Gasteiger partial charge in [-0.1, -0.05) is 0 Å². The van der Waals surface area contributed by atoms with Crippen molar-refractivity contribution in [2.75, 3.05) is 13.2 Å². The highest BCUT2D eigenvalue weighted by atomic mass is 19.1. The highest BCUT2D eigenvalue weighted by molar-refractivity contribution is 5.99. The summed E-state index contributed by atoms with van der Waals surface area (Å²) in [7, 11) is 0. The molecule has 0 fully saturated rings. The molecule has 0 atom stereocenters. The molecular weight excluding hydrogens is 251 g/mol. The summed E-state index contributed by atoms with van der Waals surface area (Å²) < 4.78 is 13.4. The minimum atomic E-state index is -0.608. The zero-order chi connectivity index (χ0) is 13.8. The maximum absolute atomic E-state index is 11.9. The molecule has 0 aliphatic heterocycles. The number of primary amides is 1. The van der Waals surface area contributed by atoms with Crippen molar-refractivity contribution in [3.8, 4) is 0 Å². The molecule has 0 aromatic carbocycles. The Morgan fingerprint density at radius 1 is 1.47 bits per heavy atom. The lowest BCUT2D eigenvalue weighted by atomic mass is 10.2. The van der Waals surface area contributed by atoms with Crippen LogP contribution in [-0.2, 0) is 11.2 Å². The molecule has 6 nitrogen and oxygen atoms in total. The predicted molar refractivity (Wildman–Crippen MR) is 66.4 cm³/mol. The molecule has 100 valence electrons. The second-order valence-electron chi connectivity index (χ2n) is 3.97. The monoisotopic (exact) mass is 264 g/mol. The van der Waals surface area contributed by atoms with Crippen LogP contribution in [0.4, 0.5) is 4.39 Å². The summed E-state index contributed by atoms with van der Waals surface area (Å²) in [5.41, 5.74) is 6.63. The lowest BCUT2D eigenvalue weighted by Crippen LogP contribution is -2.27. The number of aromatic nitrogens is 2. The van der Waals surface area contributed by atoms with Crippen LogP contribution in [0.15, 0.2) is 24.4 Å². The van der Waals surface area contributed by atoms with Crippen molar-refractivity contribution in [2.24, 2.45) is 5.73 Å². The molecule has 0 spiro atoms. The third kappa shape index (κ3) is 2.87. The third-order valence-electron chi connectivity index (χ3n) is 2.58. The van der Waals surface area contributed by atoms with E-state index in [9.17, 15) is 14.0 Å². The molecule has 0 unspecified atom stereocenters. The van der Waals surface area contributed by atoms with E-state index in [0.29, 0.717) is 16.8 Å². The van der Waals surface area contributed by atoms with E-state index < -0.39 is 12.6 Å². The maximum Gasteiger partial charge on any atom is 0.250 e. The zero-order valence-electron chi connectivity index (χ0n) is 10.1. The summed E-state index contributed by atoms with van der Waals surface area (Å²) >= 11 is 0. The van der Waals surface area contributed by atoms with Gasteiger partial charge in [0.15, 0.2) is 0 Å². The lowest BCUT2D eigenvalue weighted by molar-refractivity contribution is -0.120. The van der Waals surface area contributed by atoms with Crippen molar-refractivity contribution in [2.45, 2.75) is 6.42 Å². The van der Waals surface area contributed by atoms with E-state index in [1.54, 1.807) is 24.4 Å². The first kappa shape index (κ1) is 13.0. The fraction of sp³-hybridized carbons (Fsp3) is 0.250.